The molecule has 0 amide bonds. The first kappa shape index (κ1) is 14.6. The number of hydrogen-bond acceptors (Lipinski definition) is 4. The number of nitrogens with one attached hydrogen (secondary N) is 2. The van der Waals surface area contributed by atoms with Crippen LogP contribution in [0.2, 0.25) is 0 Å². The summed E-state index contributed by atoms with van der Waals surface area (Å²) >= 11 is 0. The highest BCUT2D eigenvalue weighted by Gasteiger charge is 2.12. The molecule has 0 radical (unpaired) electrons. The molecule has 24 heavy (non-hydrogen) atoms. The minimum Gasteiger partial charge on any atom is -0.302 e. The van der Waals surface area contributed by atoms with Crippen LogP contribution >= 0.6 is 0 Å². The van der Waals surface area contributed by atoms with Crippen molar-refractivity contribution < 1.29 is 0 Å². The van der Waals surface area contributed by atoms with Crippen LogP contribution < -0.4 is 0 Å². The van der Waals surface area contributed by atoms with Gasteiger partial charge in [0.05, 0.1) is 17.8 Å². The number of aromatic amines is 2. The monoisotopic (exact) mass is 318 g/mol. The van der Waals surface area contributed by atoms with E-state index in [1.54, 1.807) is 0 Å². The Labute approximate surface area is 139 Å². The van der Waals surface area contributed by atoms with Crippen molar-refractivity contribution in [2.75, 3.05) is 14.1 Å². The van der Waals surface area contributed by atoms with E-state index in [2.05, 4.69) is 48.5 Å². The van der Waals surface area contributed by atoms with E-state index >= 15 is 0 Å². The van der Waals surface area contributed by atoms with Crippen molar-refractivity contribution in [3.63, 3.8) is 0 Å². The van der Waals surface area contributed by atoms with Crippen LogP contribution in [0.5, 0.6) is 0 Å². The van der Waals surface area contributed by atoms with Crippen LogP contribution in [0, 0.1) is 0 Å². The van der Waals surface area contributed by atoms with Gasteiger partial charge in [0.25, 0.3) is 0 Å². The third kappa shape index (κ3) is 2.68. The summed E-state index contributed by atoms with van der Waals surface area (Å²) in [5, 5.41) is 16.0. The van der Waals surface area contributed by atoms with E-state index in [-0.39, 0.29) is 0 Å². The molecule has 6 nitrogen and oxygen atoms in total. The molecular formula is C18H18N6. The van der Waals surface area contributed by atoms with E-state index in [4.69, 9.17) is 0 Å². The fourth-order valence-corrected chi connectivity index (χ4v) is 2.76. The Bertz CT molecular complexity index is 968. The molecule has 0 unspecified atom stereocenters. The predicted molar refractivity (Wildman–Crippen MR) is 94.3 cm³/mol. The summed E-state index contributed by atoms with van der Waals surface area (Å²) in [6.07, 6.45) is 0. The topological polar surface area (TPSA) is 73.5 Å². The number of fused-ring (bicyclic) bond motifs is 1. The number of rotatable bonds is 4. The third-order valence-electron chi connectivity index (χ3n) is 3.87. The quantitative estimate of drug-likeness (QED) is 0.606. The van der Waals surface area contributed by atoms with Gasteiger partial charge in [0.1, 0.15) is 5.82 Å². The number of benzene rings is 2. The first-order valence-electron chi connectivity index (χ1n) is 7.80. The van der Waals surface area contributed by atoms with Crippen LogP contribution in [0.4, 0.5) is 0 Å². The number of H-pyrrole nitrogens is 2. The van der Waals surface area contributed by atoms with Gasteiger partial charge in [-0.3, -0.25) is 10.2 Å². The van der Waals surface area contributed by atoms with Gasteiger partial charge in [-0.25, -0.2) is 4.98 Å². The number of aromatic nitrogens is 5. The average molecular weight is 318 g/mol. The van der Waals surface area contributed by atoms with Crippen LogP contribution in [0.25, 0.3) is 33.5 Å². The number of nitrogens with zero attached hydrogens (tertiary/aromatic N) is 4. The van der Waals surface area contributed by atoms with E-state index in [0.29, 0.717) is 5.82 Å². The second-order valence-corrected chi connectivity index (χ2v) is 6.04. The molecule has 120 valence electrons. The zero-order valence-electron chi connectivity index (χ0n) is 13.6. The second kappa shape index (κ2) is 5.90. The van der Waals surface area contributed by atoms with Crippen molar-refractivity contribution >= 4 is 10.9 Å². The van der Waals surface area contributed by atoms with Gasteiger partial charge < -0.3 is 4.90 Å². The second-order valence-electron chi connectivity index (χ2n) is 6.04. The van der Waals surface area contributed by atoms with E-state index in [0.717, 1.165) is 40.1 Å². The Morgan fingerprint density at radius 2 is 1.75 bits per heavy atom. The van der Waals surface area contributed by atoms with Gasteiger partial charge >= 0.3 is 0 Å². The van der Waals surface area contributed by atoms with Crippen LogP contribution in [0.15, 0.2) is 48.5 Å². The van der Waals surface area contributed by atoms with Gasteiger partial charge in [0.15, 0.2) is 5.82 Å². The maximum Gasteiger partial charge on any atom is 0.181 e. The van der Waals surface area contributed by atoms with Gasteiger partial charge in [0, 0.05) is 16.5 Å². The fraction of sp³-hybridized carbons (Fsp3) is 0.167. The summed E-state index contributed by atoms with van der Waals surface area (Å²) in [5.74, 6) is 1.56. The molecule has 0 spiro atoms. The highest BCUT2D eigenvalue weighted by atomic mass is 15.2. The lowest BCUT2D eigenvalue weighted by Crippen LogP contribution is -2.11. The highest BCUT2D eigenvalue weighted by molar-refractivity contribution is 5.95. The van der Waals surface area contributed by atoms with Crippen molar-refractivity contribution in [2.24, 2.45) is 0 Å². The molecule has 0 saturated carbocycles. The molecule has 6 heteroatoms. The summed E-state index contributed by atoms with van der Waals surface area (Å²) < 4.78 is 0. The molecule has 2 aromatic heterocycles. The van der Waals surface area contributed by atoms with Crippen molar-refractivity contribution in [3.05, 3.63) is 54.4 Å². The smallest absolute Gasteiger partial charge is 0.181 e. The molecule has 0 aliphatic carbocycles. The van der Waals surface area contributed by atoms with E-state index < -0.39 is 0 Å². The summed E-state index contributed by atoms with van der Waals surface area (Å²) in [7, 11) is 4.01. The molecule has 2 heterocycles. The summed E-state index contributed by atoms with van der Waals surface area (Å²) in [4.78, 5) is 6.63. The van der Waals surface area contributed by atoms with Crippen LogP contribution in [-0.2, 0) is 6.54 Å². The molecular weight excluding hydrogens is 300 g/mol. The van der Waals surface area contributed by atoms with Gasteiger partial charge in [-0.1, -0.05) is 30.3 Å². The first-order chi connectivity index (χ1) is 11.7. The molecule has 2 aromatic carbocycles. The summed E-state index contributed by atoms with van der Waals surface area (Å²) in [6, 6.07) is 16.3. The molecule has 0 fully saturated rings. The Morgan fingerprint density at radius 1 is 0.917 bits per heavy atom. The van der Waals surface area contributed by atoms with Crippen molar-refractivity contribution in [2.45, 2.75) is 6.54 Å². The van der Waals surface area contributed by atoms with Crippen molar-refractivity contribution in [1.29, 1.82) is 0 Å². The molecule has 0 aliphatic rings. The molecule has 4 rings (SSSR count). The lowest BCUT2D eigenvalue weighted by Gasteiger charge is -2.04. The van der Waals surface area contributed by atoms with Crippen molar-refractivity contribution in [1.82, 2.24) is 30.3 Å². The molecule has 0 aliphatic heterocycles. The molecule has 2 N–H and O–H groups in total. The van der Waals surface area contributed by atoms with Crippen LogP contribution in [0.3, 0.4) is 0 Å². The third-order valence-corrected chi connectivity index (χ3v) is 3.87. The minimum atomic E-state index is 0.703. The molecule has 0 atom stereocenters. The Morgan fingerprint density at radius 3 is 2.54 bits per heavy atom. The molecule has 0 saturated heterocycles. The molecule has 0 bridgehead atoms. The minimum absolute atomic E-state index is 0.703. The van der Waals surface area contributed by atoms with E-state index in [1.165, 1.54) is 0 Å². The van der Waals surface area contributed by atoms with Gasteiger partial charge in [-0.2, -0.15) is 10.2 Å². The number of hydrogen-bond donors (Lipinski definition) is 2. The Hall–Kier alpha value is -2.99. The fourth-order valence-electron chi connectivity index (χ4n) is 2.76. The maximum absolute atomic E-state index is 4.58. The lowest BCUT2D eigenvalue weighted by atomic mass is 10.1. The predicted octanol–water partition coefficient (Wildman–Crippen LogP) is 3.08. The largest absolute Gasteiger partial charge is 0.302 e. The van der Waals surface area contributed by atoms with E-state index in [9.17, 15) is 0 Å². The zero-order chi connectivity index (χ0) is 16.5. The van der Waals surface area contributed by atoms with E-state index in [1.807, 2.05) is 44.4 Å². The zero-order valence-corrected chi connectivity index (χ0v) is 13.6. The summed E-state index contributed by atoms with van der Waals surface area (Å²) in [6.45, 7) is 0.732. The van der Waals surface area contributed by atoms with Crippen LogP contribution in [-0.4, -0.2) is 44.4 Å². The summed E-state index contributed by atoms with van der Waals surface area (Å²) in [5.41, 5.74) is 4.00. The molecule has 4 aromatic rings. The highest BCUT2D eigenvalue weighted by Crippen LogP contribution is 2.29. The van der Waals surface area contributed by atoms with Gasteiger partial charge in [-0.05, 0) is 32.3 Å². The Balaban J connectivity index is 1.76. The normalized spacial score (nSPS) is 11.5. The lowest BCUT2D eigenvalue weighted by molar-refractivity contribution is 0.391. The Kier molecular flexibility index (Phi) is 3.59. The van der Waals surface area contributed by atoms with Crippen molar-refractivity contribution in [3.8, 4) is 22.6 Å². The standard InChI is InChI=1S/C18H18N6/c1-24(2)11-16-19-18(23-21-16)13-8-9-15-14(10-13)17(22-20-15)12-6-4-3-5-7-12/h3-10H,11H2,1-2H3,(H,20,22)(H,19,21,23). The van der Waals surface area contributed by atoms with Crippen LogP contribution in [0.1, 0.15) is 5.82 Å². The average Bonchev–Trinajstić information content (AvgIpc) is 3.21. The van der Waals surface area contributed by atoms with Gasteiger partial charge in [-0.15, -0.1) is 0 Å². The SMILES string of the molecule is CN(C)Cc1nc(-c2ccc3[nH]nc(-c4ccccc4)c3c2)n[nH]1. The first-order valence-corrected chi connectivity index (χ1v) is 7.80. The van der Waals surface area contributed by atoms with Gasteiger partial charge in [0.2, 0.25) is 0 Å². The maximum atomic E-state index is 4.58.